The molecule has 0 spiro atoms. The number of nitrogens with two attached hydrogens (primary N) is 1. The lowest BCUT2D eigenvalue weighted by Crippen LogP contribution is -2.11. The van der Waals surface area contributed by atoms with E-state index >= 15 is 0 Å². The maximum atomic E-state index is 5.69. The van der Waals surface area contributed by atoms with Gasteiger partial charge < -0.3 is 10.6 Å². The van der Waals surface area contributed by atoms with Gasteiger partial charge in [0.25, 0.3) is 0 Å². The molecule has 15 heavy (non-hydrogen) atoms. The molecule has 0 aliphatic heterocycles. The Kier molecular flexibility index (Phi) is 2.49. The molecule has 0 unspecified atom stereocenters. The number of nitrogens with zero attached hydrogens (tertiary/aromatic N) is 3. The lowest BCUT2D eigenvalue weighted by Gasteiger charge is -2.17. The molecular weight excluding hydrogens is 188 g/mol. The van der Waals surface area contributed by atoms with Crippen LogP contribution in [0, 0.1) is 0 Å². The second-order valence-corrected chi connectivity index (χ2v) is 3.22. The predicted molar refractivity (Wildman–Crippen MR) is 60.9 cm³/mol. The fourth-order valence-electron chi connectivity index (χ4n) is 1.30. The second kappa shape index (κ2) is 3.96. The van der Waals surface area contributed by atoms with Crippen LogP contribution in [0.15, 0.2) is 42.9 Å². The predicted octanol–water partition coefficient (Wildman–Crippen LogP) is 1.83. The van der Waals surface area contributed by atoms with Gasteiger partial charge in [-0.3, -0.25) is 4.98 Å². The van der Waals surface area contributed by atoms with Crippen LogP contribution in [0.2, 0.25) is 0 Å². The third-order valence-electron chi connectivity index (χ3n) is 2.15. The minimum Gasteiger partial charge on any atom is -0.399 e. The van der Waals surface area contributed by atoms with Crippen molar-refractivity contribution >= 4 is 17.2 Å². The van der Waals surface area contributed by atoms with E-state index in [9.17, 15) is 0 Å². The standard InChI is InChI=1S/C11H12N4/c1-15(10-3-2-5-13-8-10)11-7-9(12)4-6-14-11/h2-8H,1H3,(H2,12,14). The number of aromatic nitrogens is 2. The molecule has 2 heterocycles. The van der Waals surface area contributed by atoms with Gasteiger partial charge in [-0.1, -0.05) is 0 Å². The van der Waals surface area contributed by atoms with Crippen LogP contribution in [0.1, 0.15) is 0 Å². The molecule has 2 N–H and O–H groups in total. The van der Waals surface area contributed by atoms with Gasteiger partial charge in [0.15, 0.2) is 0 Å². The molecular formula is C11H12N4. The molecule has 2 rings (SSSR count). The number of pyridine rings is 2. The first kappa shape index (κ1) is 9.45. The highest BCUT2D eigenvalue weighted by Gasteiger charge is 2.04. The number of hydrogen-bond donors (Lipinski definition) is 1. The van der Waals surface area contributed by atoms with E-state index < -0.39 is 0 Å². The first-order valence-corrected chi connectivity index (χ1v) is 4.62. The number of nitrogen functional groups attached to an aromatic ring is 1. The van der Waals surface area contributed by atoms with Crippen LogP contribution in [0.25, 0.3) is 0 Å². The summed E-state index contributed by atoms with van der Waals surface area (Å²) in [4.78, 5) is 10.2. The average Bonchev–Trinajstić information content (AvgIpc) is 2.29. The van der Waals surface area contributed by atoms with Crippen molar-refractivity contribution in [2.45, 2.75) is 0 Å². The summed E-state index contributed by atoms with van der Waals surface area (Å²) in [5, 5.41) is 0. The van der Waals surface area contributed by atoms with Crippen molar-refractivity contribution in [2.75, 3.05) is 17.7 Å². The molecule has 0 aliphatic carbocycles. The Morgan fingerprint density at radius 2 is 2.13 bits per heavy atom. The van der Waals surface area contributed by atoms with E-state index in [0.29, 0.717) is 5.69 Å². The van der Waals surface area contributed by atoms with Crippen molar-refractivity contribution in [3.8, 4) is 0 Å². The summed E-state index contributed by atoms with van der Waals surface area (Å²) < 4.78 is 0. The maximum Gasteiger partial charge on any atom is 0.134 e. The van der Waals surface area contributed by atoms with Gasteiger partial charge in [-0.25, -0.2) is 4.98 Å². The summed E-state index contributed by atoms with van der Waals surface area (Å²) in [6, 6.07) is 7.45. The fraction of sp³-hybridized carbons (Fsp3) is 0.0909. The zero-order valence-electron chi connectivity index (χ0n) is 8.46. The van der Waals surface area contributed by atoms with Gasteiger partial charge in [-0.05, 0) is 18.2 Å². The van der Waals surface area contributed by atoms with E-state index in [1.165, 1.54) is 0 Å². The lowest BCUT2D eigenvalue weighted by atomic mass is 10.3. The summed E-state index contributed by atoms with van der Waals surface area (Å²) in [5.41, 5.74) is 7.38. The molecule has 0 fully saturated rings. The van der Waals surface area contributed by atoms with Gasteiger partial charge in [0.05, 0.1) is 11.9 Å². The Bertz CT molecular complexity index is 441. The summed E-state index contributed by atoms with van der Waals surface area (Å²) >= 11 is 0. The lowest BCUT2D eigenvalue weighted by molar-refractivity contribution is 1.11. The van der Waals surface area contributed by atoms with Crippen molar-refractivity contribution in [1.82, 2.24) is 9.97 Å². The van der Waals surface area contributed by atoms with Gasteiger partial charge in [0.1, 0.15) is 5.82 Å². The molecule has 0 saturated carbocycles. The average molecular weight is 200 g/mol. The molecule has 2 aromatic rings. The van der Waals surface area contributed by atoms with E-state index in [0.717, 1.165) is 11.5 Å². The summed E-state index contributed by atoms with van der Waals surface area (Å²) in [6.07, 6.45) is 5.21. The van der Waals surface area contributed by atoms with Crippen LogP contribution in [-0.4, -0.2) is 17.0 Å². The Morgan fingerprint density at radius 3 is 2.80 bits per heavy atom. The summed E-state index contributed by atoms with van der Waals surface area (Å²) in [5.74, 6) is 0.808. The second-order valence-electron chi connectivity index (χ2n) is 3.22. The van der Waals surface area contributed by atoms with Crippen LogP contribution < -0.4 is 10.6 Å². The van der Waals surface area contributed by atoms with E-state index in [1.54, 1.807) is 24.7 Å². The normalized spacial score (nSPS) is 9.93. The van der Waals surface area contributed by atoms with Crippen LogP contribution in [0.3, 0.4) is 0 Å². The van der Waals surface area contributed by atoms with E-state index in [-0.39, 0.29) is 0 Å². The quantitative estimate of drug-likeness (QED) is 0.803. The Balaban J connectivity index is 2.32. The van der Waals surface area contributed by atoms with E-state index in [2.05, 4.69) is 9.97 Å². The molecule has 0 aliphatic rings. The molecule has 0 radical (unpaired) electrons. The van der Waals surface area contributed by atoms with Crippen LogP contribution in [-0.2, 0) is 0 Å². The monoisotopic (exact) mass is 200 g/mol. The smallest absolute Gasteiger partial charge is 0.134 e. The zero-order valence-corrected chi connectivity index (χ0v) is 8.46. The van der Waals surface area contributed by atoms with Crippen molar-refractivity contribution in [2.24, 2.45) is 0 Å². The van der Waals surface area contributed by atoms with Crippen LogP contribution >= 0.6 is 0 Å². The van der Waals surface area contributed by atoms with Gasteiger partial charge in [0, 0.05) is 31.2 Å². The SMILES string of the molecule is CN(c1cccnc1)c1cc(N)ccn1. The van der Waals surface area contributed by atoms with Gasteiger partial charge in [-0.15, -0.1) is 0 Å². The zero-order chi connectivity index (χ0) is 10.7. The van der Waals surface area contributed by atoms with Gasteiger partial charge >= 0.3 is 0 Å². The number of rotatable bonds is 2. The number of hydrogen-bond acceptors (Lipinski definition) is 4. The Hall–Kier alpha value is -2.10. The van der Waals surface area contributed by atoms with Crippen LogP contribution in [0.4, 0.5) is 17.2 Å². The molecule has 4 heteroatoms. The largest absolute Gasteiger partial charge is 0.399 e. The first-order valence-electron chi connectivity index (χ1n) is 4.62. The first-order chi connectivity index (χ1) is 7.27. The molecule has 0 bridgehead atoms. The molecule has 0 atom stereocenters. The molecule has 76 valence electrons. The Morgan fingerprint density at radius 1 is 1.27 bits per heavy atom. The molecule has 0 aromatic carbocycles. The van der Waals surface area contributed by atoms with Crippen molar-refractivity contribution in [1.29, 1.82) is 0 Å². The summed E-state index contributed by atoms with van der Waals surface area (Å²) in [7, 11) is 1.93. The summed E-state index contributed by atoms with van der Waals surface area (Å²) in [6.45, 7) is 0. The van der Waals surface area contributed by atoms with Crippen molar-refractivity contribution in [3.05, 3.63) is 42.9 Å². The van der Waals surface area contributed by atoms with Gasteiger partial charge in [0.2, 0.25) is 0 Å². The van der Waals surface area contributed by atoms with E-state index in [4.69, 9.17) is 5.73 Å². The highest BCUT2D eigenvalue weighted by Crippen LogP contribution is 2.21. The molecule has 0 saturated heterocycles. The highest BCUT2D eigenvalue weighted by molar-refractivity contribution is 5.60. The molecule has 4 nitrogen and oxygen atoms in total. The minimum absolute atomic E-state index is 0.704. The van der Waals surface area contributed by atoms with Crippen molar-refractivity contribution in [3.63, 3.8) is 0 Å². The van der Waals surface area contributed by atoms with Crippen molar-refractivity contribution < 1.29 is 0 Å². The van der Waals surface area contributed by atoms with Gasteiger partial charge in [-0.2, -0.15) is 0 Å². The fourth-order valence-corrected chi connectivity index (χ4v) is 1.30. The molecule has 2 aromatic heterocycles. The third-order valence-corrected chi connectivity index (χ3v) is 2.15. The highest BCUT2D eigenvalue weighted by atomic mass is 15.2. The maximum absolute atomic E-state index is 5.69. The van der Waals surface area contributed by atoms with E-state index in [1.807, 2.05) is 30.1 Å². The molecule has 0 amide bonds. The topological polar surface area (TPSA) is 55.0 Å². The third kappa shape index (κ3) is 2.04. The van der Waals surface area contributed by atoms with Crippen LogP contribution in [0.5, 0.6) is 0 Å². The minimum atomic E-state index is 0.704. The Labute approximate surface area is 88.4 Å². The number of anilines is 3.